The van der Waals surface area contributed by atoms with Gasteiger partial charge in [-0.2, -0.15) is 0 Å². The van der Waals surface area contributed by atoms with E-state index in [1.54, 1.807) is 0 Å². The van der Waals surface area contributed by atoms with Crippen LogP contribution in [0.1, 0.15) is 17.8 Å². The van der Waals surface area contributed by atoms with Gasteiger partial charge >= 0.3 is 0 Å². The Hall–Kier alpha value is -6.26. The fourth-order valence-corrected chi connectivity index (χ4v) is 7.46. The molecule has 0 amide bonds. The zero-order valence-corrected chi connectivity index (χ0v) is 26.2. The zero-order chi connectivity index (χ0) is 31.6. The lowest BCUT2D eigenvalue weighted by atomic mass is 9.97. The molecule has 0 bridgehead atoms. The third-order valence-electron chi connectivity index (χ3n) is 9.79. The molecule has 0 N–H and O–H groups in total. The molecular formula is C44H30N4. The van der Waals surface area contributed by atoms with Crippen LogP contribution in [0.4, 0.5) is 0 Å². The van der Waals surface area contributed by atoms with Crippen LogP contribution >= 0.6 is 0 Å². The lowest BCUT2D eigenvalue weighted by Crippen LogP contribution is -1.99. The minimum Gasteiger partial charge on any atom is -0.295 e. The summed E-state index contributed by atoms with van der Waals surface area (Å²) in [6.45, 7) is 0. The van der Waals surface area contributed by atoms with E-state index in [0.717, 1.165) is 52.3 Å². The number of rotatable bonds is 4. The number of allylic oxidation sites excluding steroid dienone is 1. The highest BCUT2D eigenvalue weighted by atomic mass is 15.1. The van der Waals surface area contributed by atoms with Crippen molar-refractivity contribution in [1.29, 1.82) is 0 Å². The SMILES string of the molecule is C1=Cc2nc3c4cc(-c5ccc(-c6ccc(-c7nc8ccccc8n7-c7ccccc7)cc6)cc5)ccc4c4ccccc4n3c2CC1. The topological polar surface area (TPSA) is 35.1 Å². The maximum absolute atomic E-state index is 5.15. The van der Waals surface area contributed by atoms with E-state index in [1.807, 2.05) is 12.1 Å². The molecular weight excluding hydrogens is 585 g/mol. The van der Waals surface area contributed by atoms with Crippen LogP contribution in [0.25, 0.3) is 83.8 Å². The summed E-state index contributed by atoms with van der Waals surface area (Å²) in [6, 6.07) is 52.0. The Kier molecular flexibility index (Phi) is 5.97. The van der Waals surface area contributed by atoms with Crippen LogP contribution in [0, 0.1) is 0 Å². The molecule has 1 aliphatic carbocycles. The van der Waals surface area contributed by atoms with Crippen LogP contribution in [0.3, 0.4) is 0 Å². The molecule has 10 rings (SSSR count). The Morgan fingerprint density at radius 3 is 1.94 bits per heavy atom. The molecule has 4 heteroatoms. The summed E-state index contributed by atoms with van der Waals surface area (Å²) >= 11 is 0. The zero-order valence-electron chi connectivity index (χ0n) is 26.2. The predicted octanol–water partition coefficient (Wildman–Crippen LogP) is 10.9. The van der Waals surface area contributed by atoms with Gasteiger partial charge in [0.15, 0.2) is 0 Å². The second-order valence-corrected chi connectivity index (χ2v) is 12.6. The molecule has 0 aliphatic heterocycles. The van der Waals surface area contributed by atoms with Crippen molar-refractivity contribution < 1.29 is 0 Å². The number of hydrogen-bond donors (Lipinski definition) is 0. The smallest absolute Gasteiger partial charge is 0.146 e. The molecule has 3 aromatic heterocycles. The Balaban J connectivity index is 1.02. The molecule has 0 saturated heterocycles. The molecule has 0 fully saturated rings. The molecule has 3 heterocycles. The molecule has 226 valence electrons. The van der Waals surface area contributed by atoms with Crippen LogP contribution in [-0.2, 0) is 6.42 Å². The minimum atomic E-state index is 0.942. The summed E-state index contributed by atoms with van der Waals surface area (Å²) in [7, 11) is 0. The fourth-order valence-electron chi connectivity index (χ4n) is 7.46. The van der Waals surface area contributed by atoms with Gasteiger partial charge in [-0.15, -0.1) is 0 Å². The molecule has 1 aliphatic rings. The lowest BCUT2D eigenvalue weighted by Gasteiger charge is -2.13. The highest BCUT2D eigenvalue weighted by molar-refractivity contribution is 6.13. The van der Waals surface area contributed by atoms with E-state index in [2.05, 4.69) is 155 Å². The molecule has 0 saturated carbocycles. The third-order valence-corrected chi connectivity index (χ3v) is 9.79. The third kappa shape index (κ3) is 4.16. The van der Waals surface area contributed by atoms with Gasteiger partial charge in [-0.3, -0.25) is 8.97 Å². The Bertz CT molecular complexity index is 2690. The Morgan fingerprint density at radius 2 is 1.15 bits per heavy atom. The predicted molar refractivity (Wildman–Crippen MR) is 198 cm³/mol. The van der Waals surface area contributed by atoms with Gasteiger partial charge in [0.25, 0.3) is 0 Å². The van der Waals surface area contributed by atoms with Gasteiger partial charge in [0.2, 0.25) is 0 Å². The van der Waals surface area contributed by atoms with E-state index >= 15 is 0 Å². The molecule has 0 spiro atoms. The first-order valence-electron chi connectivity index (χ1n) is 16.6. The summed E-state index contributed by atoms with van der Waals surface area (Å²) < 4.78 is 4.64. The standard InChI is InChI=1S/C44H30N4/c1-2-10-34(11-3-1)47-41-16-8-5-13-38(41)45-43(47)32-24-22-30(23-25-32)29-18-20-31(21-19-29)33-26-27-35-36-12-4-7-15-40(36)48-42-17-9-6-14-39(42)46-44(48)37(35)28-33/h1-8,10-16,18-28H,9,17H2. The summed E-state index contributed by atoms with van der Waals surface area (Å²) in [5.74, 6) is 0.942. The van der Waals surface area contributed by atoms with Gasteiger partial charge in [0.1, 0.15) is 11.5 Å². The molecule has 0 atom stereocenters. The fraction of sp³-hybridized carbons (Fsp3) is 0.0455. The summed E-state index contributed by atoms with van der Waals surface area (Å²) in [5, 5.41) is 3.69. The lowest BCUT2D eigenvalue weighted by molar-refractivity contribution is 0.921. The van der Waals surface area contributed by atoms with Gasteiger partial charge in [0.05, 0.1) is 27.9 Å². The maximum Gasteiger partial charge on any atom is 0.146 e. The van der Waals surface area contributed by atoms with E-state index in [1.165, 1.54) is 49.6 Å². The molecule has 6 aromatic carbocycles. The van der Waals surface area contributed by atoms with E-state index in [-0.39, 0.29) is 0 Å². The highest BCUT2D eigenvalue weighted by Gasteiger charge is 2.19. The van der Waals surface area contributed by atoms with Crippen molar-refractivity contribution in [3.05, 3.63) is 163 Å². The molecule has 4 nitrogen and oxygen atoms in total. The van der Waals surface area contributed by atoms with Crippen LogP contribution in [-0.4, -0.2) is 18.9 Å². The number of aryl methyl sites for hydroxylation is 1. The van der Waals surface area contributed by atoms with Crippen molar-refractivity contribution in [1.82, 2.24) is 18.9 Å². The number of fused-ring (bicyclic) bond motifs is 9. The first-order valence-corrected chi connectivity index (χ1v) is 16.6. The molecule has 48 heavy (non-hydrogen) atoms. The number of nitrogens with zero attached hydrogens (tertiary/aromatic N) is 4. The van der Waals surface area contributed by atoms with E-state index in [0.29, 0.717) is 0 Å². The molecule has 9 aromatic rings. The van der Waals surface area contributed by atoms with Crippen LogP contribution in [0.2, 0.25) is 0 Å². The first-order chi connectivity index (χ1) is 23.8. The van der Waals surface area contributed by atoms with Crippen molar-refractivity contribution in [2.45, 2.75) is 12.8 Å². The molecule has 0 radical (unpaired) electrons. The van der Waals surface area contributed by atoms with Crippen LogP contribution in [0.15, 0.2) is 152 Å². The van der Waals surface area contributed by atoms with Crippen molar-refractivity contribution in [2.24, 2.45) is 0 Å². The second-order valence-electron chi connectivity index (χ2n) is 12.6. The Labute approximate surface area is 277 Å². The van der Waals surface area contributed by atoms with Crippen LogP contribution in [0.5, 0.6) is 0 Å². The maximum atomic E-state index is 5.15. The quantitative estimate of drug-likeness (QED) is 0.185. The van der Waals surface area contributed by atoms with Crippen molar-refractivity contribution in [2.75, 3.05) is 0 Å². The summed E-state index contributed by atoms with van der Waals surface area (Å²) in [5.41, 5.74) is 13.7. The van der Waals surface area contributed by atoms with Gasteiger partial charge in [-0.05, 0) is 83.0 Å². The van der Waals surface area contributed by atoms with E-state index in [9.17, 15) is 0 Å². The highest BCUT2D eigenvalue weighted by Crippen LogP contribution is 2.36. The second kappa shape index (κ2) is 10.6. The largest absolute Gasteiger partial charge is 0.295 e. The van der Waals surface area contributed by atoms with Crippen molar-refractivity contribution >= 4 is 44.4 Å². The number of imidazole rings is 2. The number of hydrogen-bond acceptors (Lipinski definition) is 2. The number of para-hydroxylation sites is 4. The van der Waals surface area contributed by atoms with E-state index < -0.39 is 0 Å². The first kappa shape index (κ1) is 26.9. The van der Waals surface area contributed by atoms with Crippen molar-refractivity contribution in [3.8, 4) is 39.3 Å². The summed E-state index contributed by atoms with van der Waals surface area (Å²) in [4.78, 5) is 10.2. The van der Waals surface area contributed by atoms with Gasteiger partial charge in [-0.25, -0.2) is 9.97 Å². The molecule has 0 unspecified atom stereocenters. The Morgan fingerprint density at radius 1 is 0.500 bits per heavy atom. The van der Waals surface area contributed by atoms with Crippen LogP contribution < -0.4 is 0 Å². The minimum absolute atomic E-state index is 0.942. The monoisotopic (exact) mass is 614 g/mol. The summed E-state index contributed by atoms with van der Waals surface area (Å²) in [6.07, 6.45) is 6.48. The average molecular weight is 615 g/mol. The normalized spacial score (nSPS) is 12.8. The van der Waals surface area contributed by atoms with E-state index in [4.69, 9.17) is 9.97 Å². The number of benzene rings is 6. The number of aromatic nitrogens is 4. The van der Waals surface area contributed by atoms with Gasteiger partial charge in [0, 0.05) is 22.0 Å². The van der Waals surface area contributed by atoms with Gasteiger partial charge in [-0.1, -0.05) is 115 Å². The van der Waals surface area contributed by atoms with Crippen molar-refractivity contribution in [3.63, 3.8) is 0 Å². The average Bonchev–Trinajstić information content (AvgIpc) is 3.75. The van der Waals surface area contributed by atoms with Gasteiger partial charge < -0.3 is 0 Å². The number of pyridine rings is 1.